The highest BCUT2D eigenvalue weighted by molar-refractivity contribution is 14.0. The third-order valence-electron chi connectivity index (χ3n) is 4.83. The number of halogens is 2. The number of carbonyl (C=O) groups excluding carboxylic acids is 1. The van der Waals surface area contributed by atoms with Crippen LogP contribution >= 0.6 is 35.6 Å². The highest BCUT2D eigenvalue weighted by atomic mass is 127. The number of hydrogen-bond donors (Lipinski definition) is 2. The number of amides is 1. The standard InChI is InChI=1S/C23H31ClN4O.HI/c1-23(2,19-9-11-20(24)12-10-19)16-27-22(25-3)26-14-13-17-7-6-8-18(15-17)21(29)28(4)5;/h6-12,15H,13-14,16H2,1-5H3,(H2,25,26,27);1H. The second kappa shape index (κ2) is 12.2. The van der Waals surface area contributed by atoms with Crippen molar-refractivity contribution in [2.75, 3.05) is 34.2 Å². The van der Waals surface area contributed by atoms with Crippen molar-refractivity contribution in [3.8, 4) is 0 Å². The summed E-state index contributed by atoms with van der Waals surface area (Å²) < 4.78 is 0. The van der Waals surface area contributed by atoms with Crippen molar-refractivity contribution in [2.24, 2.45) is 4.99 Å². The molecule has 0 saturated heterocycles. The second-order valence-electron chi connectivity index (χ2n) is 7.89. The van der Waals surface area contributed by atoms with Crippen LogP contribution in [0, 0.1) is 0 Å². The minimum Gasteiger partial charge on any atom is -0.356 e. The van der Waals surface area contributed by atoms with Gasteiger partial charge in [0.05, 0.1) is 0 Å². The molecule has 0 atom stereocenters. The van der Waals surface area contributed by atoms with Crippen LogP contribution in [-0.4, -0.2) is 51.0 Å². The first-order chi connectivity index (χ1) is 13.7. The minimum atomic E-state index is -0.0664. The number of rotatable bonds is 7. The summed E-state index contributed by atoms with van der Waals surface area (Å²) in [5.41, 5.74) is 2.97. The summed E-state index contributed by atoms with van der Waals surface area (Å²) in [4.78, 5) is 18.0. The second-order valence-corrected chi connectivity index (χ2v) is 8.33. The van der Waals surface area contributed by atoms with E-state index in [9.17, 15) is 4.79 Å². The van der Waals surface area contributed by atoms with Gasteiger partial charge in [-0.1, -0.05) is 49.7 Å². The number of benzene rings is 2. The van der Waals surface area contributed by atoms with E-state index in [1.165, 1.54) is 5.56 Å². The molecule has 0 saturated carbocycles. The molecule has 1 amide bonds. The molecule has 0 aliphatic carbocycles. The summed E-state index contributed by atoms with van der Waals surface area (Å²) in [6.45, 7) is 5.83. The quantitative estimate of drug-likeness (QED) is 0.311. The molecule has 5 nitrogen and oxygen atoms in total. The van der Waals surface area contributed by atoms with Crippen molar-refractivity contribution in [3.63, 3.8) is 0 Å². The van der Waals surface area contributed by atoms with Crippen molar-refractivity contribution < 1.29 is 4.79 Å². The molecule has 0 aliphatic rings. The summed E-state index contributed by atoms with van der Waals surface area (Å²) >= 11 is 6.00. The van der Waals surface area contributed by atoms with Crippen LogP contribution < -0.4 is 10.6 Å². The number of guanidine groups is 1. The smallest absolute Gasteiger partial charge is 0.253 e. The maximum absolute atomic E-state index is 12.1. The zero-order valence-corrected chi connectivity index (χ0v) is 21.4. The molecule has 0 aromatic heterocycles. The van der Waals surface area contributed by atoms with E-state index >= 15 is 0 Å². The summed E-state index contributed by atoms with van der Waals surface area (Å²) in [6.07, 6.45) is 0.801. The molecule has 0 heterocycles. The summed E-state index contributed by atoms with van der Waals surface area (Å²) in [7, 11) is 5.29. The summed E-state index contributed by atoms with van der Waals surface area (Å²) in [5.74, 6) is 0.772. The molecule has 0 radical (unpaired) electrons. The Kier molecular flexibility index (Phi) is 10.6. The molecule has 2 aromatic carbocycles. The van der Waals surface area contributed by atoms with Gasteiger partial charge in [0.1, 0.15) is 0 Å². The molecule has 0 aliphatic heterocycles. The molecular weight excluding hydrogens is 511 g/mol. The lowest BCUT2D eigenvalue weighted by Crippen LogP contribution is -2.44. The van der Waals surface area contributed by atoms with Gasteiger partial charge in [0.2, 0.25) is 0 Å². The van der Waals surface area contributed by atoms with E-state index in [4.69, 9.17) is 11.6 Å². The molecule has 0 bridgehead atoms. The SMILES string of the molecule is CN=C(NCCc1cccc(C(=O)N(C)C)c1)NCC(C)(C)c1ccc(Cl)cc1.I. The van der Waals surface area contributed by atoms with Crippen LogP contribution in [0.4, 0.5) is 0 Å². The Labute approximate surface area is 202 Å². The Balaban J connectivity index is 0.00000450. The average Bonchev–Trinajstić information content (AvgIpc) is 2.70. The number of nitrogens with zero attached hydrogens (tertiary/aromatic N) is 2. The number of carbonyl (C=O) groups is 1. The van der Waals surface area contributed by atoms with Crippen LogP contribution in [0.25, 0.3) is 0 Å². The van der Waals surface area contributed by atoms with Gasteiger partial charge >= 0.3 is 0 Å². The van der Waals surface area contributed by atoms with Crippen LogP contribution in [0.3, 0.4) is 0 Å². The van der Waals surface area contributed by atoms with Crippen LogP contribution in [-0.2, 0) is 11.8 Å². The Morgan fingerprint density at radius 2 is 1.77 bits per heavy atom. The van der Waals surface area contributed by atoms with Gasteiger partial charge in [-0.15, -0.1) is 24.0 Å². The zero-order chi connectivity index (χ0) is 21.4. The van der Waals surface area contributed by atoms with E-state index in [0.717, 1.165) is 36.1 Å². The number of aliphatic imine (C=N–C) groups is 1. The molecule has 2 N–H and O–H groups in total. The third kappa shape index (κ3) is 7.80. The normalized spacial score (nSPS) is 11.5. The van der Waals surface area contributed by atoms with Crippen molar-refractivity contribution >= 4 is 47.4 Å². The lowest BCUT2D eigenvalue weighted by atomic mass is 9.85. The molecule has 2 rings (SSSR count). The van der Waals surface area contributed by atoms with Gasteiger partial charge in [0, 0.05) is 50.2 Å². The number of nitrogens with one attached hydrogen (secondary N) is 2. The van der Waals surface area contributed by atoms with Gasteiger partial charge in [-0.3, -0.25) is 9.79 Å². The van der Waals surface area contributed by atoms with Crippen LogP contribution in [0.1, 0.15) is 35.3 Å². The molecule has 0 unspecified atom stereocenters. The Morgan fingerprint density at radius 1 is 1.10 bits per heavy atom. The van der Waals surface area contributed by atoms with Gasteiger partial charge in [-0.2, -0.15) is 0 Å². The van der Waals surface area contributed by atoms with E-state index < -0.39 is 0 Å². The van der Waals surface area contributed by atoms with Crippen LogP contribution in [0.15, 0.2) is 53.5 Å². The summed E-state index contributed by atoms with van der Waals surface area (Å²) in [6, 6.07) is 15.7. The fraction of sp³-hybridized carbons (Fsp3) is 0.391. The van der Waals surface area contributed by atoms with Gasteiger partial charge in [0.25, 0.3) is 5.91 Å². The van der Waals surface area contributed by atoms with Gasteiger partial charge in [-0.05, 0) is 41.8 Å². The highest BCUT2D eigenvalue weighted by Crippen LogP contribution is 2.23. The Bertz CT molecular complexity index is 851. The maximum Gasteiger partial charge on any atom is 0.253 e. The Morgan fingerprint density at radius 3 is 2.37 bits per heavy atom. The first kappa shape index (κ1) is 26.2. The van der Waals surface area contributed by atoms with Gasteiger partial charge in [-0.25, -0.2) is 0 Å². The highest BCUT2D eigenvalue weighted by Gasteiger charge is 2.20. The predicted octanol–water partition coefficient (Wildman–Crippen LogP) is 4.35. The van der Waals surface area contributed by atoms with Gasteiger partial charge in [0.15, 0.2) is 5.96 Å². The van der Waals surface area contributed by atoms with Crippen molar-refractivity contribution in [2.45, 2.75) is 25.7 Å². The molecule has 2 aromatic rings. The molecule has 7 heteroatoms. The topological polar surface area (TPSA) is 56.7 Å². The minimum absolute atomic E-state index is 0. The van der Waals surface area contributed by atoms with Crippen molar-refractivity contribution in [1.29, 1.82) is 0 Å². The Hall–Kier alpha value is -1.80. The van der Waals surface area contributed by atoms with Crippen molar-refractivity contribution in [3.05, 3.63) is 70.2 Å². The number of hydrogen-bond acceptors (Lipinski definition) is 2. The average molecular weight is 543 g/mol. The molecule has 164 valence electrons. The fourth-order valence-corrected chi connectivity index (χ4v) is 3.10. The molecule has 0 fully saturated rings. The molecule has 30 heavy (non-hydrogen) atoms. The monoisotopic (exact) mass is 542 g/mol. The molecule has 0 spiro atoms. The molecular formula is C23H32ClIN4O. The van der Waals surface area contributed by atoms with E-state index in [1.807, 2.05) is 36.4 Å². The fourth-order valence-electron chi connectivity index (χ4n) is 2.97. The lowest BCUT2D eigenvalue weighted by molar-refractivity contribution is 0.0827. The van der Waals surface area contributed by atoms with Crippen LogP contribution in [0.2, 0.25) is 5.02 Å². The van der Waals surface area contributed by atoms with E-state index in [2.05, 4.69) is 41.6 Å². The van der Waals surface area contributed by atoms with Crippen molar-refractivity contribution in [1.82, 2.24) is 15.5 Å². The van der Waals surface area contributed by atoms with E-state index in [0.29, 0.717) is 5.56 Å². The summed E-state index contributed by atoms with van der Waals surface area (Å²) in [5, 5.41) is 7.49. The van der Waals surface area contributed by atoms with Gasteiger partial charge < -0.3 is 15.5 Å². The van der Waals surface area contributed by atoms with Crippen LogP contribution in [0.5, 0.6) is 0 Å². The largest absolute Gasteiger partial charge is 0.356 e. The predicted molar refractivity (Wildman–Crippen MR) is 137 cm³/mol. The third-order valence-corrected chi connectivity index (χ3v) is 5.09. The lowest BCUT2D eigenvalue weighted by Gasteiger charge is -2.27. The van der Waals surface area contributed by atoms with E-state index in [1.54, 1.807) is 26.0 Å². The zero-order valence-electron chi connectivity index (χ0n) is 18.3. The first-order valence-electron chi connectivity index (χ1n) is 9.74. The first-order valence-corrected chi connectivity index (χ1v) is 10.1. The van der Waals surface area contributed by atoms with E-state index in [-0.39, 0.29) is 35.3 Å². The maximum atomic E-state index is 12.1.